The van der Waals surface area contributed by atoms with Crippen molar-refractivity contribution in [3.8, 4) is 0 Å². The molecule has 2 aromatic carbocycles. The first kappa shape index (κ1) is 27.2. The summed E-state index contributed by atoms with van der Waals surface area (Å²) in [5.41, 5.74) is 13.6. The Kier molecular flexibility index (Phi) is 8.70. The number of amides is 3. The highest BCUT2D eigenvalue weighted by atomic mass is 32.1. The number of carbonyl (C=O) groups is 3. The molecule has 0 spiro atoms. The van der Waals surface area contributed by atoms with Crippen molar-refractivity contribution in [1.29, 1.82) is 0 Å². The molecule has 3 amide bonds. The molecule has 200 valence electrons. The molecule has 2 atom stereocenters. The standard InChI is InChI=1S/C27H30FN5O4S/c1-16-5-2-3-6-17(16)12-13-33(27(36)24-21(29)22(25(30)34)32-38-24)23(18-8-10-19(28)11-9-18)26(35)31-15-20-7-4-14-37-20/h2-3,5-6,8-11,20,23H,4,7,12-15,29H2,1H3,(H2,30,34)(H,31,35)/t20-,23-/m0/s1. The third-order valence-electron chi connectivity index (χ3n) is 6.57. The van der Waals surface area contributed by atoms with Gasteiger partial charge in [-0.2, -0.15) is 4.37 Å². The molecule has 11 heteroatoms. The van der Waals surface area contributed by atoms with Crippen LogP contribution in [0.4, 0.5) is 10.1 Å². The second-order valence-electron chi connectivity index (χ2n) is 9.15. The molecule has 0 unspecified atom stereocenters. The summed E-state index contributed by atoms with van der Waals surface area (Å²) < 4.78 is 23.4. The van der Waals surface area contributed by atoms with E-state index in [-0.39, 0.29) is 35.5 Å². The number of halogens is 1. The summed E-state index contributed by atoms with van der Waals surface area (Å²) in [5.74, 6) is -2.34. The molecule has 1 saturated heterocycles. The molecule has 9 nitrogen and oxygen atoms in total. The largest absolute Gasteiger partial charge is 0.395 e. The Hall–Kier alpha value is -3.83. The first-order chi connectivity index (χ1) is 18.3. The monoisotopic (exact) mass is 539 g/mol. The summed E-state index contributed by atoms with van der Waals surface area (Å²) in [7, 11) is 0. The summed E-state index contributed by atoms with van der Waals surface area (Å²) >= 11 is 0.748. The van der Waals surface area contributed by atoms with Gasteiger partial charge in [0.25, 0.3) is 11.8 Å². The summed E-state index contributed by atoms with van der Waals surface area (Å²) in [6, 6.07) is 12.1. The molecule has 1 aliphatic rings. The van der Waals surface area contributed by atoms with Gasteiger partial charge in [-0.05, 0) is 66.5 Å². The van der Waals surface area contributed by atoms with Crippen LogP contribution in [0.1, 0.15) is 55.7 Å². The second-order valence-corrected chi connectivity index (χ2v) is 9.92. The topological polar surface area (TPSA) is 141 Å². The minimum atomic E-state index is -1.10. The van der Waals surface area contributed by atoms with Crippen molar-refractivity contribution >= 4 is 34.9 Å². The number of nitrogens with zero attached hydrogens (tertiary/aromatic N) is 2. The molecule has 1 aromatic heterocycles. The third-order valence-corrected chi connectivity index (χ3v) is 7.42. The Bertz CT molecular complexity index is 1310. The minimum Gasteiger partial charge on any atom is -0.395 e. The molecular formula is C27H30FN5O4S. The summed E-state index contributed by atoms with van der Waals surface area (Å²) in [6.45, 7) is 3.02. The number of nitrogens with two attached hydrogens (primary N) is 2. The number of hydrogen-bond acceptors (Lipinski definition) is 7. The van der Waals surface area contributed by atoms with Crippen molar-refractivity contribution in [2.24, 2.45) is 5.73 Å². The maximum atomic E-state index is 13.9. The van der Waals surface area contributed by atoms with E-state index in [0.717, 1.165) is 35.5 Å². The van der Waals surface area contributed by atoms with Crippen molar-refractivity contribution in [3.05, 3.63) is 81.6 Å². The third kappa shape index (κ3) is 6.17. The zero-order valence-electron chi connectivity index (χ0n) is 21.0. The van der Waals surface area contributed by atoms with E-state index in [4.69, 9.17) is 16.2 Å². The Morgan fingerprint density at radius 2 is 1.95 bits per heavy atom. The molecule has 0 aliphatic carbocycles. The zero-order valence-corrected chi connectivity index (χ0v) is 21.8. The zero-order chi connectivity index (χ0) is 27.2. The molecule has 0 saturated carbocycles. The van der Waals surface area contributed by atoms with E-state index in [1.54, 1.807) is 0 Å². The van der Waals surface area contributed by atoms with Gasteiger partial charge in [-0.3, -0.25) is 14.4 Å². The molecule has 1 aliphatic heterocycles. The lowest BCUT2D eigenvalue weighted by Crippen LogP contribution is -2.46. The van der Waals surface area contributed by atoms with Crippen molar-refractivity contribution in [2.75, 3.05) is 25.4 Å². The fourth-order valence-electron chi connectivity index (χ4n) is 4.47. The van der Waals surface area contributed by atoms with Crippen LogP contribution in [0.15, 0.2) is 48.5 Å². The van der Waals surface area contributed by atoms with E-state index in [1.807, 2.05) is 31.2 Å². The van der Waals surface area contributed by atoms with Gasteiger partial charge in [0.15, 0.2) is 5.69 Å². The van der Waals surface area contributed by atoms with E-state index < -0.39 is 29.6 Å². The van der Waals surface area contributed by atoms with Gasteiger partial charge in [0, 0.05) is 19.7 Å². The second kappa shape index (κ2) is 12.1. The Labute approximate surface area is 224 Å². The lowest BCUT2D eigenvalue weighted by molar-refractivity contribution is -0.126. The molecule has 4 rings (SSSR count). The highest BCUT2D eigenvalue weighted by Gasteiger charge is 2.35. The number of benzene rings is 2. The van der Waals surface area contributed by atoms with E-state index in [2.05, 4.69) is 9.69 Å². The van der Waals surface area contributed by atoms with Crippen LogP contribution in [0.5, 0.6) is 0 Å². The normalized spacial score (nSPS) is 15.7. The average Bonchev–Trinajstić information content (AvgIpc) is 3.56. The average molecular weight is 540 g/mol. The SMILES string of the molecule is Cc1ccccc1CCN(C(=O)c1snc(C(N)=O)c1N)[C@H](C(=O)NC[C@@H]1CCCO1)c1ccc(F)cc1. The first-order valence-corrected chi connectivity index (χ1v) is 13.1. The van der Waals surface area contributed by atoms with Gasteiger partial charge >= 0.3 is 0 Å². The number of aromatic nitrogens is 1. The number of primary amides is 1. The number of carbonyl (C=O) groups excluding carboxylic acids is 3. The number of nitrogens with one attached hydrogen (secondary N) is 1. The Morgan fingerprint density at radius 3 is 2.58 bits per heavy atom. The van der Waals surface area contributed by atoms with Gasteiger partial charge in [-0.25, -0.2) is 4.39 Å². The fraction of sp³-hybridized carbons (Fsp3) is 0.333. The number of anilines is 1. The summed E-state index contributed by atoms with van der Waals surface area (Å²) in [4.78, 5) is 40.7. The number of ether oxygens (including phenoxy) is 1. The van der Waals surface area contributed by atoms with E-state index >= 15 is 0 Å². The van der Waals surface area contributed by atoms with Crippen molar-refractivity contribution in [3.63, 3.8) is 0 Å². The summed E-state index contributed by atoms with van der Waals surface area (Å²) in [5, 5.41) is 2.90. The maximum absolute atomic E-state index is 13.9. The lowest BCUT2D eigenvalue weighted by Gasteiger charge is -2.32. The number of aryl methyl sites for hydroxylation is 1. The van der Waals surface area contributed by atoms with Gasteiger partial charge in [0.05, 0.1) is 11.8 Å². The number of nitrogen functional groups attached to an aromatic ring is 1. The van der Waals surface area contributed by atoms with Crippen molar-refractivity contribution in [1.82, 2.24) is 14.6 Å². The van der Waals surface area contributed by atoms with Crippen LogP contribution >= 0.6 is 11.5 Å². The molecule has 1 fully saturated rings. The first-order valence-electron chi connectivity index (χ1n) is 12.3. The van der Waals surface area contributed by atoms with Gasteiger partial charge < -0.3 is 26.4 Å². The highest BCUT2D eigenvalue weighted by molar-refractivity contribution is 7.09. The van der Waals surface area contributed by atoms with Gasteiger partial charge in [-0.15, -0.1) is 0 Å². The Balaban J connectivity index is 1.72. The number of rotatable bonds is 10. The van der Waals surface area contributed by atoms with Gasteiger partial charge in [-0.1, -0.05) is 36.4 Å². The van der Waals surface area contributed by atoms with Gasteiger partial charge in [0.1, 0.15) is 16.7 Å². The molecule has 0 bridgehead atoms. The minimum absolute atomic E-state index is 0.00243. The van der Waals surface area contributed by atoms with Crippen LogP contribution in [-0.2, 0) is 16.0 Å². The molecule has 2 heterocycles. The maximum Gasteiger partial charge on any atom is 0.270 e. The lowest BCUT2D eigenvalue weighted by atomic mass is 10.0. The van der Waals surface area contributed by atoms with Crippen molar-refractivity contribution in [2.45, 2.75) is 38.3 Å². The van der Waals surface area contributed by atoms with Crippen LogP contribution in [0.25, 0.3) is 0 Å². The Morgan fingerprint density at radius 1 is 1.21 bits per heavy atom. The number of hydrogen-bond donors (Lipinski definition) is 3. The van der Waals surface area contributed by atoms with E-state index in [9.17, 15) is 18.8 Å². The fourth-order valence-corrected chi connectivity index (χ4v) is 5.23. The molecule has 5 N–H and O–H groups in total. The van der Waals surface area contributed by atoms with Crippen LogP contribution in [0.3, 0.4) is 0 Å². The van der Waals surface area contributed by atoms with Gasteiger partial charge in [0.2, 0.25) is 5.91 Å². The predicted octanol–water partition coefficient (Wildman–Crippen LogP) is 2.99. The molecule has 3 aromatic rings. The van der Waals surface area contributed by atoms with Crippen LogP contribution in [0.2, 0.25) is 0 Å². The quantitative estimate of drug-likeness (QED) is 0.362. The molecular weight excluding hydrogens is 509 g/mol. The van der Waals surface area contributed by atoms with Crippen molar-refractivity contribution < 1.29 is 23.5 Å². The smallest absolute Gasteiger partial charge is 0.270 e. The van der Waals surface area contributed by atoms with Crippen LogP contribution < -0.4 is 16.8 Å². The van der Waals surface area contributed by atoms with E-state index in [0.29, 0.717) is 18.6 Å². The van der Waals surface area contributed by atoms with E-state index in [1.165, 1.54) is 29.2 Å². The molecule has 38 heavy (non-hydrogen) atoms. The van der Waals surface area contributed by atoms with Crippen LogP contribution in [-0.4, -0.2) is 52.8 Å². The predicted molar refractivity (Wildman–Crippen MR) is 142 cm³/mol. The highest BCUT2D eigenvalue weighted by Crippen LogP contribution is 2.29. The molecule has 0 radical (unpaired) electrons. The summed E-state index contributed by atoms with van der Waals surface area (Å²) in [6.07, 6.45) is 2.07. The van der Waals surface area contributed by atoms with Crippen LogP contribution in [0, 0.1) is 12.7 Å².